The van der Waals surface area contributed by atoms with Gasteiger partial charge in [0.05, 0.1) is 12.1 Å². The average molecular weight is 249 g/mol. The Bertz CT molecular complexity index is 423. The lowest BCUT2D eigenvalue weighted by molar-refractivity contribution is 0.0675. The summed E-state index contributed by atoms with van der Waals surface area (Å²) >= 11 is 0. The lowest BCUT2D eigenvalue weighted by atomic mass is 9.80. The SMILES string of the molecule is CC1(O)CCN(C(=O)OB(O)c2ccccc2)C1. The molecule has 1 heterocycles. The Morgan fingerprint density at radius 3 is 2.67 bits per heavy atom. The van der Waals surface area contributed by atoms with Crippen LogP contribution in [-0.2, 0) is 4.65 Å². The fourth-order valence-electron chi connectivity index (χ4n) is 1.96. The maximum Gasteiger partial charge on any atom is 0.563 e. The van der Waals surface area contributed by atoms with Crippen molar-refractivity contribution in [3.8, 4) is 0 Å². The van der Waals surface area contributed by atoms with Gasteiger partial charge in [0.15, 0.2) is 0 Å². The smallest absolute Gasteiger partial charge is 0.489 e. The van der Waals surface area contributed by atoms with Gasteiger partial charge in [0, 0.05) is 6.54 Å². The number of β-amino-alcohol motifs (C(OH)–C–C–N with tert-alkyl or cyclic N) is 1. The zero-order chi connectivity index (χ0) is 13.2. The molecule has 0 aromatic heterocycles. The van der Waals surface area contributed by atoms with E-state index >= 15 is 0 Å². The number of nitrogens with zero attached hydrogens (tertiary/aromatic N) is 1. The first-order chi connectivity index (χ1) is 8.48. The van der Waals surface area contributed by atoms with E-state index < -0.39 is 18.8 Å². The Hall–Kier alpha value is -1.53. The van der Waals surface area contributed by atoms with Crippen molar-refractivity contribution in [1.29, 1.82) is 0 Å². The van der Waals surface area contributed by atoms with Gasteiger partial charge in [-0.05, 0) is 18.8 Å². The van der Waals surface area contributed by atoms with E-state index in [1.165, 1.54) is 4.90 Å². The summed E-state index contributed by atoms with van der Waals surface area (Å²) in [6.07, 6.45) is -0.0899. The van der Waals surface area contributed by atoms with Gasteiger partial charge in [-0.15, -0.1) is 0 Å². The number of hydrogen-bond donors (Lipinski definition) is 2. The van der Waals surface area contributed by atoms with Crippen molar-refractivity contribution in [2.24, 2.45) is 0 Å². The minimum atomic E-state index is -1.27. The van der Waals surface area contributed by atoms with Gasteiger partial charge in [0.25, 0.3) is 0 Å². The van der Waals surface area contributed by atoms with E-state index in [2.05, 4.69) is 0 Å². The molecule has 0 radical (unpaired) electrons. The van der Waals surface area contributed by atoms with Crippen molar-refractivity contribution < 1.29 is 19.6 Å². The highest BCUT2D eigenvalue weighted by molar-refractivity contribution is 6.61. The number of aliphatic hydroxyl groups is 1. The van der Waals surface area contributed by atoms with Crippen LogP contribution < -0.4 is 5.46 Å². The summed E-state index contributed by atoms with van der Waals surface area (Å²) in [7, 11) is -1.27. The molecule has 1 unspecified atom stereocenters. The molecule has 1 atom stereocenters. The van der Waals surface area contributed by atoms with Gasteiger partial charge in [0.2, 0.25) is 0 Å². The van der Waals surface area contributed by atoms with E-state index in [4.69, 9.17) is 4.65 Å². The van der Waals surface area contributed by atoms with Crippen LogP contribution in [0.15, 0.2) is 30.3 Å². The fourth-order valence-corrected chi connectivity index (χ4v) is 1.96. The van der Waals surface area contributed by atoms with Crippen LogP contribution in [0.2, 0.25) is 0 Å². The molecule has 2 N–H and O–H groups in total. The molecule has 1 aliphatic heterocycles. The third-order valence-corrected chi connectivity index (χ3v) is 3.01. The van der Waals surface area contributed by atoms with Crippen molar-refractivity contribution in [3.63, 3.8) is 0 Å². The van der Waals surface area contributed by atoms with Gasteiger partial charge in [-0.1, -0.05) is 30.3 Å². The van der Waals surface area contributed by atoms with Crippen LogP contribution in [0.1, 0.15) is 13.3 Å². The van der Waals surface area contributed by atoms with Crippen molar-refractivity contribution in [2.75, 3.05) is 13.1 Å². The van der Waals surface area contributed by atoms with Crippen molar-refractivity contribution >= 4 is 18.7 Å². The van der Waals surface area contributed by atoms with Crippen molar-refractivity contribution in [2.45, 2.75) is 18.9 Å². The first-order valence-electron chi connectivity index (χ1n) is 5.89. The van der Waals surface area contributed by atoms with Crippen LogP contribution in [-0.4, -0.2) is 46.9 Å². The van der Waals surface area contributed by atoms with E-state index in [0.29, 0.717) is 18.4 Å². The normalized spacial score (nSPS) is 22.9. The molecule has 1 aromatic rings. The van der Waals surface area contributed by atoms with E-state index in [-0.39, 0.29) is 6.54 Å². The lowest BCUT2D eigenvalue weighted by Gasteiger charge is -2.19. The van der Waals surface area contributed by atoms with Gasteiger partial charge in [-0.2, -0.15) is 0 Å². The molecule has 1 saturated heterocycles. The summed E-state index contributed by atoms with van der Waals surface area (Å²) in [6.45, 7) is 2.34. The van der Waals surface area contributed by atoms with E-state index in [0.717, 1.165) is 0 Å². The monoisotopic (exact) mass is 249 g/mol. The zero-order valence-corrected chi connectivity index (χ0v) is 10.2. The summed E-state index contributed by atoms with van der Waals surface area (Å²) in [4.78, 5) is 13.1. The number of benzene rings is 1. The van der Waals surface area contributed by atoms with E-state index in [1.54, 1.807) is 31.2 Å². The Balaban J connectivity index is 1.92. The number of carbonyl (C=O) groups is 1. The molecular formula is C12H16BNO4. The quantitative estimate of drug-likeness (QED) is 0.722. The molecule has 5 nitrogen and oxygen atoms in total. The van der Waals surface area contributed by atoms with Crippen LogP contribution in [0.25, 0.3) is 0 Å². The van der Waals surface area contributed by atoms with E-state index in [9.17, 15) is 14.9 Å². The third kappa shape index (κ3) is 3.03. The van der Waals surface area contributed by atoms with Gasteiger partial charge < -0.3 is 19.7 Å². The Kier molecular flexibility index (Phi) is 3.59. The number of rotatable bonds is 2. The second kappa shape index (κ2) is 5.00. The molecule has 6 heteroatoms. The zero-order valence-electron chi connectivity index (χ0n) is 10.2. The summed E-state index contributed by atoms with van der Waals surface area (Å²) in [6, 6.07) is 8.69. The fraction of sp³-hybridized carbons (Fsp3) is 0.417. The highest BCUT2D eigenvalue weighted by Crippen LogP contribution is 2.20. The molecule has 1 fully saturated rings. The van der Waals surface area contributed by atoms with Crippen LogP contribution in [0, 0.1) is 0 Å². The average Bonchev–Trinajstić information content (AvgIpc) is 2.71. The topological polar surface area (TPSA) is 70.0 Å². The Morgan fingerprint density at radius 2 is 2.11 bits per heavy atom. The number of amides is 1. The standard InChI is InChI=1S/C12H16BNO4/c1-12(16)7-8-14(9-12)11(15)18-13(17)10-5-3-2-4-6-10/h2-6,16-17H,7-9H2,1H3. The first-order valence-corrected chi connectivity index (χ1v) is 5.89. The summed E-state index contributed by atoms with van der Waals surface area (Å²) in [5.41, 5.74) is -0.340. The second-order valence-electron chi connectivity index (χ2n) is 4.82. The molecule has 0 bridgehead atoms. The maximum atomic E-state index is 11.7. The summed E-state index contributed by atoms with van der Waals surface area (Å²) in [5, 5.41) is 19.5. The molecule has 18 heavy (non-hydrogen) atoms. The Labute approximate surface area is 106 Å². The van der Waals surface area contributed by atoms with Crippen LogP contribution in [0.4, 0.5) is 4.79 Å². The minimum Gasteiger partial charge on any atom is -0.489 e. The number of likely N-dealkylation sites (tertiary alicyclic amines) is 1. The van der Waals surface area contributed by atoms with Crippen LogP contribution >= 0.6 is 0 Å². The van der Waals surface area contributed by atoms with Gasteiger partial charge in [-0.25, -0.2) is 4.79 Å². The molecule has 96 valence electrons. The first kappa shape index (κ1) is 12.9. The molecule has 0 spiro atoms. The highest BCUT2D eigenvalue weighted by Gasteiger charge is 2.36. The number of carbonyl (C=O) groups excluding carboxylic acids is 1. The van der Waals surface area contributed by atoms with Gasteiger partial charge in [-0.3, -0.25) is 0 Å². The molecule has 1 aromatic carbocycles. The van der Waals surface area contributed by atoms with E-state index in [1.807, 2.05) is 6.07 Å². The molecule has 0 saturated carbocycles. The van der Waals surface area contributed by atoms with Crippen molar-refractivity contribution in [3.05, 3.63) is 30.3 Å². The van der Waals surface area contributed by atoms with Gasteiger partial charge >= 0.3 is 13.2 Å². The van der Waals surface area contributed by atoms with Crippen molar-refractivity contribution in [1.82, 2.24) is 4.90 Å². The molecule has 1 aliphatic rings. The highest BCUT2D eigenvalue weighted by atomic mass is 16.6. The molecule has 2 rings (SSSR count). The molecular weight excluding hydrogens is 233 g/mol. The summed E-state index contributed by atoms with van der Waals surface area (Å²) < 4.78 is 4.95. The lowest BCUT2D eigenvalue weighted by Crippen LogP contribution is -2.42. The summed E-state index contributed by atoms with van der Waals surface area (Å²) in [5.74, 6) is 0. The Morgan fingerprint density at radius 1 is 1.44 bits per heavy atom. The molecule has 1 amide bonds. The maximum absolute atomic E-state index is 11.7. The second-order valence-corrected chi connectivity index (χ2v) is 4.82. The largest absolute Gasteiger partial charge is 0.563 e. The van der Waals surface area contributed by atoms with Crippen LogP contribution in [0.5, 0.6) is 0 Å². The predicted octanol–water partition coefficient (Wildman–Crippen LogP) is -0.0326. The predicted molar refractivity (Wildman–Crippen MR) is 67.3 cm³/mol. The number of hydrogen-bond acceptors (Lipinski definition) is 4. The van der Waals surface area contributed by atoms with Gasteiger partial charge in [0.1, 0.15) is 0 Å². The molecule has 0 aliphatic carbocycles. The minimum absolute atomic E-state index is 0.230. The van der Waals surface area contributed by atoms with Crippen LogP contribution in [0.3, 0.4) is 0 Å². The third-order valence-electron chi connectivity index (χ3n) is 3.01.